The molecule has 0 atom stereocenters. The summed E-state index contributed by atoms with van der Waals surface area (Å²) in [4.78, 5) is 10.1. The van der Waals surface area contributed by atoms with Crippen molar-refractivity contribution in [2.75, 3.05) is 38.2 Å². The predicted molar refractivity (Wildman–Crippen MR) is 62.8 cm³/mol. The van der Waals surface area contributed by atoms with Gasteiger partial charge in [-0.25, -0.2) is 4.98 Å². The van der Waals surface area contributed by atoms with Crippen LogP contribution in [-0.4, -0.2) is 42.1 Å². The standard InChI is InChI=1S/C10H16N6/c1-16(2)5-3-4-13-10-14-7-8(6-11)9(12)15-10/h7H,3-5H2,1-2H3,(H3,12,13,14,15). The average Bonchev–Trinajstić information content (AvgIpc) is 2.24. The van der Waals surface area contributed by atoms with Crippen LogP contribution in [0.1, 0.15) is 12.0 Å². The van der Waals surface area contributed by atoms with Crippen LogP contribution in [0.15, 0.2) is 6.20 Å². The zero-order valence-corrected chi connectivity index (χ0v) is 9.56. The van der Waals surface area contributed by atoms with Crippen molar-refractivity contribution in [3.8, 4) is 6.07 Å². The maximum atomic E-state index is 8.65. The lowest BCUT2D eigenvalue weighted by Gasteiger charge is -2.09. The molecule has 1 aromatic rings. The number of rotatable bonds is 5. The van der Waals surface area contributed by atoms with Crippen molar-refractivity contribution >= 4 is 11.8 Å². The molecule has 6 heteroatoms. The van der Waals surface area contributed by atoms with Crippen LogP contribution in [0.4, 0.5) is 11.8 Å². The quantitative estimate of drug-likeness (QED) is 0.693. The maximum absolute atomic E-state index is 8.65. The van der Waals surface area contributed by atoms with Crippen molar-refractivity contribution in [1.29, 1.82) is 5.26 Å². The fraction of sp³-hybridized carbons (Fsp3) is 0.500. The Morgan fingerprint density at radius 3 is 2.88 bits per heavy atom. The molecule has 1 heterocycles. The first-order valence-electron chi connectivity index (χ1n) is 5.04. The first kappa shape index (κ1) is 12.2. The van der Waals surface area contributed by atoms with E-state index in [1.807, 2.05) is 20.2 Å². The Labute approximate surface area is 95.1 Å². The van der Waals surface area contributed by atoms with E-state index in [2.05, 4.69) is 20.2 Å². The minimum Gasteiger partial charge on any atom is -0.382 e. The van der Waals surface area contributed by atoms with Gasteiger partial charge in [0.25, 0.3) is 0 Å². The molecular weight excluding hydrogens is 204 g/mol. The highest BCUT2D eigenvalue weighted by Gasteiger charge is 2.02. The normalized spacial score (nSPS) is 10.1. The Hall–Kier alpha value is -1.87. The lowest BCUT2D eigenvalue weighted by Crippen LogP contribution is -2.17. The third-order valence-corrected chi connectivity index (χ3v) is 2.00. The van der Waals surface area contributed by atoms with Gasteiger partial charge in [-0.3, -0.25) is 0 Å². The number of nitrogens with one attached hydrogen (secondary N) is 1. The van der Waals surface area contributed by atoms with Gasteiger partial charge in [0, 0.05) is 6.54 Å². The molecule has 0 aliphatic rings. The van der Waals surface area contributed by atoms with Crippen molar-refractivity contribution in [2.45, 2.75) is 6.42 Å². The number of hydrogen-bond donors (Lipinski definition) is 2. The van der Waals surface area contributed by atoms with Crippen LogP contribution >= 0.6 is 0 Å². The Kier molecular flexibility index (Phi) is 4.48. The molecule has 0 saturated carbocycles. The van der Waals surface area contributed by atoms with Crippen molar-refractivity contribution in [3.05, 3.63) is 11.8 Å². The van der Waals surface area contributed by atoms with Gasteiger partial charge in [0.1, 0.15) is 17.5 Å². The van der Waals surface area contributed by atoms with E-state index < -0.39 is 0 Å². The minimum absolute atomic E-state index is 0.215. The second-order valence-corrected chi connectivity index (χ2v) is 3.69. The van der Waals surface area contributed by atoms with Crippen LogP contribution in [0.2, 0.25) is 0 Å². The Morgan fingerprint density at radius 2 is 2.31 bits per heavy atom. The molecule has 1 aromatic heterocycles. The summed E-state index contributed by atoms with van der Waals surface area (Å²) < 4.78 is 0. The minimum atomic E-state index is 0.215. The van der Waals surface area contributed by atoms with Gasteiger partial charge in [0.2, 0.25) is 5.95 Å². The molecule has 0 spiro atoms. The molecule has 86 valence electrons. The molecule has 0 amide bonds. The number of anilines is 2. The summed E-state index contributed by atoms with van der Waals surface area (Å²) in [6.45, 7) is 1.78. The van der Waals surface area contributed by atoms with Crippen LogP contribution in [0, 0.1) is 11.3 Å². The summed E-state index contributed by atoms with van der Waals surface area (Å²) in [5.74, 6) is 0.683. The van der Waals surface area contributed by atoms with Crippen LogP contribution in [-0.2, 0) is 0 Å². The summed E-state index contributed by atoms with van der Waals surface area (Å²) in [6.07, 6.45) is 2.42. The van der Waals surface area contributed by atoms with Crippen molar-refractivity contribution in [1.82, 2.24) is 14.9 Å². The van der Waals surface area contributed by atoms with Crippen molar-refractivity contribution in [3.63, 3.8) is 0 Å². The number of aromatic nitrogens is 2. The molecule has 0 saturated heterocycles. The van der Waals surface area contributed by atoms with E-state index >= 15 is 0 Å². The molecule has 0 unspecified atom stereocenters. The third kappa shape index (κ3) is 3.71. The monoisotopic (exact) mass is 220 g/mol. The van der Waals surface area contributed by atoms with Gasteiger partial charge < -0.3 is 16.0 Å². The summed E-state index contributed by atoms with van der Waals surface area (Å²) in [5, 5.41) is 11.7. The predicted octanol–water partition coefficient (Wildman–Crippen LogP) is 0.294. The van der Waals surface area contributed by atoms with Crippen LogP contribution < -0.4 is 11.1 Å². The summed E-state index contributed by atoms with van der Waals surface area (Å²) in [6, 6.07) is 1.92. The Balaban J connectivity index is 2.44. The molecule has 3 N–H and O–H groups in total. The molecule has 6 nitrogen and oxygen atoms in total. The summed E-state index contributed by atoms with van der Waals surface area (Å²) in [5.41, 5.74) is 5.87. The second-order valence-electron chi connectivity index (χ2n) is 3.69. The Bertz CT molecular complexity index is 381. The van der Waals surface area contributed by atoms with Crippen molar-refractivity contribution < 1.29 is 0 Å². The van der Waals surface area contributed by atoms with Gasteiger partial charge in [-0.05, 0) is 27.1 Å². The van der Waals surface area contributed by atoms with Crippen LogP contribution in [0.3, 0.4) is 0 Å². The van der Waals surface area contributed by atoms with Gasteiger partial charge in [0.05, 0.1) is 6.20 Å². The number of nitriles is 1. The van der Waals surface area contributed by atoms with E-state index in [-0.39, 0.29) is 5.82 Å². The molecule has 16 heavy (non-hydrogen) atoms. The van der Waals surface area contributed by atoms with Gasteiger partial charge in [0.15, 0.2) is 0 Å². The van der Waals surface area contributed by atoms with Crippen LogP contribution in [0.5, 0.6) is 0 Å². The van der Waals surface area contributed by atoms with E-state index in [1.54, 1.807) is 0 Å². The second kappa shape index (κ2) is 5.88. The van der Waals surface area contributed by atoms with Gasteiger partial charge >= 0.3 is 0 Å². The number of nitrogen functional groups attached to an aromatic ring is 1. The highest BCUT2D eigenvalue weighted by atomic mass is 15.1. The fourth-order valence-corrected chi connectivity index (χ4v) is 1.16. The van der Waals surface area contributed by atoms with Gasteiger partial charge in [-0.2, -0.15) is 10.2 Å². The van der Waals surface area contributed by atoms with E-state index in [9.17, 15) is 0 Å². The molecule has 0 radical (unpaired) electrons. The SMILES string of the molecule is CN(C)CCCNc1ncc(C#N)c(N)n1. The number of hydrogen-bond acceptors (Lipinski definition) is 6. The molecule has 0 bridgehead atoms. The molecule has 0 fully saturated rings. The largest absolute Gasteiger partial charge is 0.382 e. The van der Waals surface area contributed by atoms with Crippen LogP contribution in [0.25, 0.3) is 0 Å². The van der Waals surface area contributed by atoms with E-state index in [1.165, 1.54) is 6.20 Å². The Morgan fingerprint density at radius 1 is 1.56 bits per heavy atom. The molecule has 1 rings (SSSR count). The topological polar surface area (TPSA) is 90.9 Å². The number of nitrogens with zero attached hydrogens (tertiary/aromatic N) is 4. The number of nitrogens with two attached hydrogens (primary N) is 1. The first-order valence-corrected chi connectivity index (χ1v) is 5.04. The summed E-state index contributed by atoms with van der Waals surface area (Å²) in [7, 11) is 4.05. The molecule has 0 aliphatic carbocycles. The molecular formula is C10H16N6. The first-order chi connectivity index (χ1) is 7.63. The van der Waals surface area contributed by atoms with Gasteiger partial charge in [-0.1, -0.05) is 0 Å². The lowest BCUT2D eigenvalue weighted by atomic mass is 10.3. The highest BCUT2D eigenvalue weighted by molar-refractivity contribution is 5.49. The van der Waals surface area contributed by atoms with E-state index in [0.29, 0.717) is 11.5 Å². The third-order valence-electron chi connectivity index (χ3n) is 2.00. The lowest BCUT2D eigenvalue weighted by molar-refractivity contribution is 0.405. The average molecular weight is 220 g/mol. The van der Waals surface area contributed by atoms with Crippen molar-refractivity contribution in [2.24, 2.45) is 0 Å². The van der Waals surface area contributed by atoms with E-state index in [0.717, 1.165) is 19.5 Å². The van der Waals surface area contributed by atoms with E-state index in [4.69, 9.17) is 11.0 Å². The fourth-order valence-electron chi connectivity index (χ4n) is 1.16. The maximum Gasteiger partial charge on any atom is 0.224 e. The smallest absolute Gasteiger partial charge is 0.224 e. The molecule has 0 aliphatic heterocycles. The zero-order valence-electron chi connectivity index (χ0n) is 9.56. The zero-order chi connectivity index (χ0) is 12.0. The highest BCUT2D eigenvalue weighted by Crippen LogP contribution is 2.08. The summed E-state index contributed by atoms with van der Waals surface area (Å²) >= 11 is 0. The van der Waals surface area contributed by atoms with Gasteiger partial charge in [-0.15, -0.1) is 0 Å². The molecule has 0 aromatic carbocycles.